The lowest BCUT2D eigenvalue weighted by Crippen LogP contribution is -2.40. The average Bonchev–Trinajstić information content (AvgIpc) is 3.10. The van der Waals surface area contributed by atoms with Crippen molar-refractivity contribution >= 4 is 17.4 Å². The van der Waals surface area contributed by atoms with E-state index in [4.69, 9.17) is 0 Å². The van der Waals surface area contributed by atoms with Gasteiger partial charge in [-0.05, 0) is 48.8 Å². The molecule has 128 valence electrons. The Balaban J connectivity index is 1.49. The highest BCUT2D eigenvalue weighted by atomic mass is 32.1. The van der Waals surface area contributed by atoms with Crippen LogP contribution in [-0.2, 0) is 13.0 Å². The van der Waals surface area contributed by atoms with E-state index in [1.165, 1.54) is 29.9 Å². The molecule has 0 aliphatic carbocycles. The van der Waals surface area contributed by atoms with Gasteiger partial charge in [-0.2, -0.15) is 0 Å². The number of likely N-dealkylation sites (tertiary alicyclic amines) is 1. The number of amides is 1. The van der Waals surface area contributed by atoms with Gasteiger partial charge in [0.1, 0.15) is 4.88 Å². The van der Waals surface area contributed by atoms with Crippen LogP contribution in [0.25, 0.3) is 0 Å². The zero-order chi connectivity index (χ0) is 16.8. The van der Waals surface area contributed by atoms with Gasteiger partial charge in [0.25, 0.3) is 5.91 Å². The van der Waals surface area contributed by atoms with Gasteiger partial charge in [0.2, 0.25) is 0 Å². The van der Waals surface area contributed by atoms with Crippen LogP contribution in [0.5, 0.6) is 0 Å². The number of aryl methyl sites for hydroxylation is 1. The van der Waals surface area contributed by atoms with Crippen molar-refractivity contribution in [3.63, 3.8) is 0 Å². The predicted octanol–water partition coefficient (Wildman–Crippen LogP) is 2.74. The number of nitrogens with one attached hydrogen (secondary N) is 1. The van der Waals surface area contributed by atoms with Gasteiger partial charge in [0, 0.05) is 19.6 Å². The van der Waals surface area contributed by atoms with Crippen LogP contribution in [0.15, 0.2) is 30.3 Å². The van der Waals surface area contributed by atoms with E-state index in [1.54, 1.807) is 0 Å². The quantitative estimate of drug-likeness (QED) is 0.875. The highest BCUT2D eigenvalue weighted by Gasteiger charge is 2.22. The number of hydrogen-bond acceptors (Lipinski definition) is 5. The lowest BCUT2D eigenvalue weighted by atomic mass is 9.97. The summed E-state index contributed by atoms with van der Waals surface area (Å²) in [7, 11) is 0. The van der Waals surface area contributed by atoms with Crippen LogP contribution < -0.4 is 5.32 Å². The molecule has 1 unspecified atom stereocenters. The topological polar surface area (TPSA) is 58.1 Å². The molecule has 5 nitrogen and oxygen atoms in total. The third-order valence-corrected chi connectivity index (χ3v) is 5.27. The zero-order valence-corrected chi connectivity index (χ0v) is 14.9. The Hall–Kier alpha value is -1.79. The summed E-state index contributed by atoms with van der Waals surface area (Å²) in [6, 6.07) is 10.6. The van der Waals surface area contributed by atoms with E-state index in [0.29, 0.717) is 10.8 Å². The van der Waals surface area contributed by atoms with E-state index in [1.807, 2.05) is 6.92 Å². The normalized spacial score (nSPS) is 18.5. The summed E-state index contributed by atoms with van der Waals surface area (Å²) < 4.78 is 3.89. The molecule has 0 spiro atoms. The molecule has 1 N–H and O–H groups in total. The second kappa shape index (κ2) is 8.35. The first-order valence-corrected chi connectivity index (χ1v) is 9.39. The predicted molar refractivity (Wildman–Crippen MR) is 96.1 cm³/mol. The van der Waals surface area contributed by atoms with Crippen LogP contribution in [-0.4, -0.2) is 40.0 Å². The first kappa shape index (κ1) is 17.0. The fourth-order valence-electron chi connectivity index (χ4n) is 3.23. The summed E-state index contributed by atoms with van der Waals surface area (Å²) in [5.74, 6) is 0.486. The van der Waals surface area contributed by atoms with E-state index < -0.39 is 0 Å². The molecule has 0 saturated carbocycles. The van der Waals surface area contributed by atoms with Crippen molar-refractivity contribution in [2.75, 3.05) is 19.6 Å². The first-order valence-electron chi connectivity index (χ1n) is 8.62. The van der Waals surface area contributed by atoms with Crippen molar-refractivity contribution in [3.05, 3.63) is 46.5 Å². The molecule has 1 aromatic heterocycles. The SMILES string of the molecule is CCc1nnsc1C(=O)NCC1CCCN(Cc2ccccc2)C1. The smallest absolute Gasteiger partial charge is 0.264 e. The maximum absolute atomic E-state index is 12.3. The van der Waals surface area contributed by atoms with Crippen LogP contribution in [0, 0.1) is 5.92 Å². The number of rotatable bonds is 6. The molecular formula is C18H24N4OS. The Morgan fingerprint density at radius 2 is 2.21 bits per heavy atom. The molecule has 1 fully saturated rings. The van der Waals surface area contributed by atoms with E-state index in [2.05, 4.69) is 50.1 Å². The lowest BCUT2D eigenvalue weighted by Gasteiger charge is -2.32. The van der Waals surface area contributed by atoms with Crippen LogP contribution in [0.4, 0.5) is 0 Å². The molecule has 0 bridgehead atoms. The van der Waals surface area contributed by atoms with Gasteiger partial charge in [0.15, 0.2) is 0 Å². The molecule has 3 rings (SSSR count). The van der Waals surface area contributed by atoms with Crippen molar-refractivity contribution in [2.45, 2.75) is 32.7 Å². The van der Waals surface area contributed by atoms with Gasteiger partial charge in [-0.3, -0.25) is 9.69 Å². The Kier molecular flexibility index (Phi) is 5.93. The van der Waals surface area contributed by atoms with Crippen molar-refractivity contribution in [3.8, 4) is 0 Å². The van der Waals surface area contributed by atoms with Gasteiger partial charge in [0.05, 0.1) is 5.69 Å². The molecule has 0 radical (unpaired) electrons. The largest absolute Gasteiger partial charge is 0.351 e. The maximum atomic E-state index is 12.3. The van der Waals surface area contributed by atoms with Crippen LogP contribution in [0.3, 0.4) is 0 Å². The summed E-state index contributed by atoms with van der Waals surface area (Å²) in [6.45, 7) is 5.89. The van der Waals surface area contributed by atoms with Gasteiger partial charge >= 0.3 is 0 Å². The van der Waals surface area contributed by atoms with Gasteiger partial charge in [-0.1, -0.05) is 41.7 Å². The number of nitrogens with zero attached hydrogens (tertiary/aromatic N) is 3. The summed E-state index contributed by atoms with van der Waals surface area (Å²) in [4.78, 5) is 15.5. The van der Waals surface area contributed by atoms with Crippen LogP contribution >= 0.6 is 11.5 Å². The Morgan fingerprint density at radius 1 is 1.38 bits per heavy atom. The summed E-state index contributed by atoms with van der Waals surface area (Å²) in [6.07, 6.45) is 3.11. The Morgan fingerprint density at radius 3 is 3.00 bits per heavy atom. The number of aromatic nitrogens is 2. The zero-order valence-electron chi connectivity index (χ0n) is 14.1. The van der Waals surface area contributed by atoms with Crippen LogP contribution in [0.1, 0.15) is 40.7 Å². The fraction of sp³-hybridized carbons (Fsp3) is 0.500. The summed E-state index contributed by atoms with van der Waals surface area (Å²) >= 11 is 1.19. The second-order valence-electron chi connectivity index (χ2n) is 6.34. The number of hydrogen-bond donors (Lipinski definition) is 1. The van der Waals surface area contributed by atoms with Gasteiger partial charge in [-0.25, -0.2) is 0 Å². The maximum Gasteiger partial charge on any atom is 0.264 e. The molecule has 1 amide bonds. The fourth-order valence-corrected chi connectivity index (χ4v) is 3.90. The van der Waals surface area contributed by atoms with E-state index in [0.717, 1.165) is 38.3 Å². The molecule has 1 saturated heterocycles. The molecule has 1 aliphatic rings. The van der Waals surface area contributed by atoms with Crippen molar-refractivity contribution in [1.82, 2.24) is 19.8 Å². The molecule has 24 heavy (non-hydrogen) atoms. The van der Waals surface area contributed by atoms with Crippen molar-refractivity contribution in [1.29, 1.82) is 0 Å². The van der Waals surface area contributed by atoms with E-state index >= 15 is 0 Å². The minimum Gasteiger partial charge on any atom is -0.351 e. The Bertz CT molecular complexity index is 658. The standard InChI is InChI=1S/C18H24N4OS/c1-2-16-17(24-21-20-16)18(23)19-11-15-9-6-10-22(13-15)12-14-7-4-3-5-8-14/h3-5,7-8,15H,2,6,9-13H2,1H3,(H,19,23). The molecule has 2 heterocycles. The third-order valence-electron chi connectivity index (χ3n) is 4.50. The summed E-state index contributed by atoms with van der Waals surface area (Å²) in [5, 5.41) is 7.09. The van der Waals surface area contributed by atoms with E-state index in [-0.39, 0.29) is 5.91 Å². The van der Waals surface area contributed by atoms with Gasteiger partial charge in [-0.15, -0.1) is 5.10 Å². The lowest BCUT2D eigenvalue weighted by molar-refractivity contribution is 0.0933. The minimum absolute atomic E-state index is 0.0259. The Labute approximate surface area is 147 Å². The number of benzene rings is 1. The van der Waals surface area contributed by atoms with E-state index in [9.17, 15) is 4.79 Å². The van der Waals surface area contributed by atoms with Crippen molar-refractivity contribution < 1.29 is 4.79 Å². The molecular weight excluding hydrogens is 320 g/mol. The average molecular weight is 344 g/mol. The highest BCUT2D eigenvalue weighted by molar-refractivity contribution is 7.08. The monoisotopic (exact) mass is 344 g/mol. The summed E-state index contributed by atoms with van der Waals surface area (Å²) in [5.41, 5.74) is 2.15. The molecule has 2 aromatic rings. The number of piperidine rings is 1. The second-order valence-corrected chi connectivity index (χ2v) is 7.10. The molecule has 1 aliphatic heterocycles. The minimum atomic E-state index is -0.0259. The van der Waals surface area contributed by atoms with Crippen LogP contribution in [0.2, 0.25) is 0 Å². The first-order chi connectivity index (χ1) is 11.8. The number of carbonyl (C=O) groups excluding carboxylic acids is 1. The molecule has 1 aromatic carbocycles. The number of carbonyl (C=O) groups is 1. The highest BCUT2D eigenvalue weighted by Crippen LogP contribution is 2.18. The molecule has 6 heteroatoms. The third kappa shape index (κ3) is 4.39. The van der Waals surface area contributed by atoms with Crippen molar-refractivity contribution in [2.24, 2.45) is 5.92 Å². The molecule has 1 atom stereocenters. The van der Waals surface area contributed by atoms with Gasteiger partial charge < -0.3 is 5.32 Å².